The average molecular weight is 137 g/mol. The van der Waals surface area contributed by atoms with Gasteiger partial charge >= 0.3 is 0 Å². The minimum Gasteiger partial charge on any atom is -0.381 e. The molecule has 0 aliphatic carbocycles. The number of ether oxygens (including phenoxy) is 1. The molecule has 0 saturated carbocycles. The minimum atomic E-state index is 0.480. The summed E-state index contributed by atoms with van der Waals surface area (Å²) in [5, 5.41) is 8.22. The van der Waals surface area contributed by atoms with Crippen molar-refractivity contribution in [2.75, 3.05) is 13.2 Å². The van der Waals surface area contributed by atoms with Crippen molar-refractivity contribution in [3.05, 3.63) is 12.2 Å². The van der Waals surface area contributed by atoms with Crippen LogP contribution in [-0.4, -0.2) is 13.2 Å². The summed E-state index contributed by atoms with van der Waals surface area (Å²) in [4.78, 5) is 0. The number of nitriles is 1. The van der Waals surface area contributed by atoms with Crippen molar-refractivity contribution < 1.29 is 4.74 Å². The Kier molecular flexibility index (Phi) is 2.98. The Morgan fingerprint density at radius 1 is 1.60 bits per heavy atom. The van der Waals surface area contributed by atoms with E-state index in [2.05, 4.69) is 0 Å². The fraction of sp³-hybridized carbons (Fsp3) is 0.625. The van der Waals surface area contributed by atoms with Gasteiger partial charge in [-0.3, -0.25) is 0 Å². The van der Waals surface area contributed by atoms with E-state index in [0.29, 0.717) is 5.92 Å². The first-order valence-corrected chi connectivity index (χ1v) is 3.57. The van der Waals surface area contributed by atoms with E-state index in [9.17, 15) is 0 Å². The molecule has 0 aromatic carbocycles. The Hall–Kier alpha value is -0.810. The molecule has 0 bridgehead atoms. The molecule has 2 heteroatoms. The van der Waals surface area contributed by atoms with E-state index in [1.165, 1.54) is 0 Å². The largest absolute Gasteiger partial charge is 0.381 e. The summed E-state index contributed by atoms with van der Waals surface area (Å²) in [6.07, 6.45) is 5.76. The van der Waals surface area contributed by atoms with E-state index in [4.69, 9.17) is 10.00 Å². The molecular weight excluding hydrogens is 126 g/mol. The Morgan fingerprint density at radius 2 is 2.50 bits per heavy atom. The van der Waals surface area contributed by atoms with Gasteiger partial charge in [0.1, 0.15) is 0 Å². The number of rotatable bonds is 1. The molecular formula is C8H11NO. The van der Waals surface area contributed by atoms with Gasteiger partial charge in [0.2, 0.25) is 0 Å². The van der Waals surface area contributed by atoms with Gasteiger partial charge in [0.25, 0.3) is 0 Å². The molecule has 54 valence electrons. The third-order valence-corrected chi connectivity index (χ3v) is 1.64. The van der Waals surface area contributed by atoms with Gasteiger partial charge in [-0.15, -0.1) is 0 Å². The summed E-state index contributed by atoms with van der Waals surface area (Å²) in [6.45, 7) is 1.68. The lowest BCUT2D eigenvalue weighted by molar-refractivity contribution is 0.0710. The van der Waals surface area contributed by atoms with Crippen LogP contribution < -0.4 is 0 Å². The van der Waals surface area contributed by atoms with Crippen LogP contribution >= 0.6 is 0 Å². The summed E-state index contributed by atoms with van der Waals surface area (Å²) in [6, 6.07) is 1.98. The Bertz CT molecular complexity index is 151. The second-order valence-electron chi connectivity index (χ2n) is 2.47. The van der Waals surface area contributed by atoms with Crippen LogP contribution in [0.2, 0.25) is 0 Å². The second-order valence-corrected chi connectivity index (χ2v) is 2.47. The fourth-order valence-corrected chi connectivity index (χ4v) is 1.10. The van der Waals surface area contributed by atoms with E-state index in [-0.39, 0.29) is 0 Å². The summed E-state index contributed by atoms with van der Waals surface area (Å²) >= 11 is 0. The molecule has 0 spiro atoms. The van der Waals surface area contributed by atoms with Crippen LogP contribution in [0.3, 0.4) is 0 Å². The highest BCUT2D eigenvalue weighted by Crippen LogP contribution is 2.13. The lowest BCUT2D eigenvalue weighted by atomic mass is 10.0. The quantitative estimate of drug-likeness (QED) is 0.513. The van der Waals surface area contributed by atoms with E-state index in [0.717, 1.165) is 26.1 Å². The van der Waals surface area contributed by atoms with Crippen LogP contribution in [0.5, 0.6) is 0 Å². The number of allylic oxidation sites excluding steroid dienone is 1. The molecule has 1 atom stereocenters. The maximum atomic E-state index is 8.22. The fourth-order valence-electron chi connectivity index (χ4n) is 1.10. The zero-order valence-electron chi connectivity index (χ0n) is 5.92. The Morgan fingerprint density at radius 3 is 3.10 bits per heavy atom. The first-order valence-electron chi connectivity index (χ1n) is 3.57. The van der Waals surface area contributed by atoms with Crippen molar-refractivity contribution in [3.8, 4) is 6.07 Å². The summed E-state index contributed by atoms with van der Waals surface area (Å²) in [7, 11) is 0. The summed E-state index contributed by atoms with van der Waals surface area (Å²) in [5.41, 5.74) is 0. The van der Waals surface area contributed by atoms with Gasteiger partial charge in [0, 0.05) is 18.6 Å². The zero-order valence-corrected chi connectivity index (χ0v) is 5.92. The highest BCUT2D eigenvalue weighted by molar-refractivity contribution is 5.04. The zero-order chi connectivity index (χ0) is 7.23. The lowest BCUT2D eigenvalue weighted by Gasteiger charge is -2.17. The topological polar surface area (TPSA) is 33.0 Å². The van der Waals surface area contributed by atoms with E-state index in [1.54, 1.807) is 6.08 Å². The maximum Gasteiger partial charge on any atom is 0.0908 e. The van der Waals surface area contributed by atoms with Crippen LogP contribution in [-0.2, 0) is 4.74 Å². The van der Waals surface area contributed by atoms with Crippen LogP contribution in [0.25, 0.3) is 0 Å². The van der Waals surface area contributed by atoms with Crippen molar-refractivity contribution in [2.24, 2.45) is 5.92 Å². The molecule has 0 amide bonds. The molecule has 2 nitrogen and oxygen atoms in total. The predicted molar refractivity (Wildman–Crippen MR) is 38.3 cm³/mol. The predicted octanol–water partition coefficient (Wildman–Crippen LogP) is 1.49. The molecule has 1 saturated heterocycles. The van der Waals surface area contributed by atoms with Gasteiger partial charge < -0.3 is 4.74 Å². The highest BCUT2D eigenvalue weighted by atomic mass is 16.5. The molecule has 1 aliphatic heterocycles. The highest BCUT2D eigenvalue weighted by Gasteiger charge is 2.09. The van der Waals surface area contributed by atoms with Gasteiger partial charge in [-0.05, 0) is 12.8 Å². The van der Waals surface area contributed by atoms with Gasteiger partial charge in [-0.1, -0.05) is 6.08 Å². The molecule has 0 radical (unpaired) electrons. The minimum absolute atomic E-state index is 0.480. The first kappa shape index (κ1) is 7.30. The molecule has 0 aromatic heterocycles. The number of hydrogen-bond acceptors (Lipinski definition) is 2. The van der Waals surface area contributed by atoms with Gasteiger partial charge in [0.05, 0.1) is 12.7 Å². The number of nitrogens with zero attached hydrogens (tertiary/aromatic N) is 1. The molecule has 1 heterocycles. The first-order chi connectivity index (χ1) is 4.93. The van der Waals surface area contributed by atoms with Crippen LogP contribution in [0.4, 0.5) is 0 Å². The summed E-state index contributed by atoms with van der Waals surface area (Å²) < 4.78 is 5.22. The van der Waals surface area contributed by atoms with Crippen molar-refractivity contribution in [1.29, 1.82) is 5.26 Å². The smallest absolute Gasteiger partial charge is 0.0908 e. The molecule has 1 aliphatic rings. The van der Waals surface area contributed by atoms with E-state index < -0.39 is 0 Å². The molecule has 0 aromatic rings. The van der Waals surface area contributed by atoms with E-state index in [1.807, 2.05) is 12.1 Å². The van der Waals surface area contributed by atoms with E-state index >= 15 is 0 Å². The average Bonchev–Trinajstić information content (AvgIpc) is 2.03. The third kappa shape index (κ3) is 2.20. The molecule has 1 fully saturated rings. The molecule has 10 heavy (non-hydrogen) atoms. The van der Waals surface area contributed by atoms with Crippen molar-refractivity contribution in [1.82, 2.24) is 0 Å². The normalized spacial score (nSPS) is 26.5. The Labute approximate surface area is 61.1 Å². The second kappa shape index (κ2) is 4.08. The van der Waals surface area contributed by atoms with Crippen molar-refractivity contribution >= 4 is 0 Å². The van der Waals surface area contributed by atoms with Gasteiger partial charge in [-0.25, -0.2) is 0 Å². The van der Waals surface area contributed by atoms with Crippen LogP contribution in [0.15, 0.2) is 12.2 Å². The Balaban J connectivity index is 2.27. The monoisotopic (exact) mass is 137 g/mol. The van der Waals surface area contributed by atoms with Crippen molar-refractivity contribution in [3.63, 3.8) is 0 Å². The molecule has 1 unspecified atom stereocenters. The molecule has 1 rings (SSSR count). The maximum absolute atomic E-state index is 8.22. The summed E-state index contributed by atoms with van der Waals surface area (Å²) in [5.74, 6) is 0.480. The van der Waals surface area contributed by atoms with Crippen molar-refractivity contribution in [2.45, 2.75) is 12.8 Å². The standard InChI is InChI=1S/C8H11NO/c9-5-1-3-8-4-2-6-10-7-8/h1,3,8H,2,4,6-7H2. The molecule has 0 N–H and O–H groups in total. The number of hydrogen-bond donors (Lipinski definition) is 0. The third-order valence-electron chi connectivity index (χ3n) is 1.64. The van der Waals surface area contributed by atoms with Crippen LogP contribution in [0.1, 0.15) is 12.8 Å². The van der Waals surface area contributed by atoms with Crippen LogP contribution in [0, 0.1) is 17.2 Å². The van der Waals surface area contributed by atoms with Gasteiger partial charge in [-0.2, -0.15) is 5.26 Å². The lowest BCUT2D eigenvalue weighted by Crippen LogP contribution is -2.14. The van der Waals surface area contributed by atoms with Gasteiger partial charge in [0.15, 0.2) is 0 Å². The SMILES string of the molecule is N#CC=CC1CCCOC1.